The lowest BCUT2D eigenvalue weighted by Gasteiger charge is -2.33. The Morgan fingerprint density at radius 3 is 1.42 bits per heavy atom. The molecule has 1 aromatic heterocycles. The molecule has 0 saturated heterocycles. The predicted molar refractivity (Wildman–Crippen MR) is 207 cm³/mol. The van der Waals surface area contributed by atoms with Crippen molar-refractivity contribution in [1.29, 1.82) is 0 Å². The van der Waals surface area contributed by atoms with Crippen molar-refractivity contribution in [3.8, 4) is 33.4 Å². The average molecular weight is 639 g/mol. The summed E-state index contributed by atoms with van der Waals surface area (Å²) in [5, 5.41) is 0. The van der Waals surface area contributed by atoms with Crippen LogP contribution < -0.4 is 4.90 Å². The van der Waals surface area contributed by atoms with Crippen LogP contribution in [0.4, 0.5) is 17.1 Å². The molecule has 2 heteroatoms. The van der Waals surface area contributed by atoms with Gasteiger partial charge in [-0.25, -0.2) is 0 Å². The summed E-state index contributed by atoms with van der Waals surface area (Å²) in [6, 6.07) is 71.9. The van der Waals surface area contributed by atoms with Gasteiger partial charge in [-0.3, -0.25) is 4.98 Å². The first-order valence-corrected chi connectivity index (χ1v) is 17.1. The lowest BCUT2D eigenvalue weighted by atomic mass is 9.69. The number of hydrogen-bond donors (Lipinski definition) is 0. The molecule has 7 aromatic carbocycles. The molecule has 0 amide bonds. The fourth-order valence-electron chi connectivity index (χ4n) is 7.73. The zero-order chi connectivity index (χ0) is 33.3. The zero-order valence-electron chi connectivity index (χ0n) is 27.5. The number of nitrogens with zero attached hydrogens (tertiary/aromatic N) is 2. The Hall–Kier alpha value is -6.51. The number of pyridine rings is 1. The molecule has 0 saturated carbocycles. The van der Waals surface area contributed by atoms with Gasteiger partial charge in [0.25, 0.3) is 0 Å². The third-order valence-electron chi connectivity index (χ3n) is 10.0. The molecule has 0 radical (unpaired) electrons. The number of hydrogen-bond acceptors (Lipinski definition) is 2. The Morgan fingerprint density at radius 2 is 0.840 bits per heavy atom. The first kappa shape index (κ1) is 29.6. The van der Waals surface area contributed by atoms with Gasteiger partial charge in [-0.05, 0) is 98.6 Å². The summed E-state index contributed by atoms with van der Waals surface area (Å²) < 4.78 is 0. The lowest BCUT2D eigenvalue weighted by molar-refractivity contribution is 0.734. The summed E-state index contributed by atoms with van der Waals surface area (Å²) in [5.74, 6) is 0. The monoisotopic (exact) mass is 638 g/mol. The second kappa shape index (κ2) is 12.5. The van der Waals surface area contributed by atoms with E-state index in [4.69, 9.17) is 4.98 Å². The molecular weight excluding hydrogens is 605 g/mol. The highest BCUT2D eigenvalue weighted by molar-refractivity contribution is 5.89. The van der Waals surface area contributed by atoms with Gasteiger partial charge in [0.1, 0.15) is 0 Å². The molecule has 50 heavy (non-hydrogen) atoms. The normalized spacial score (nSPS) is 14.5. The quantitative estimate of drug-likeness (QED) is 0.173. The van der Waals surface area contributed by atoms with Crippen molar-refractivity contribution in [2.45, 2.75) is 5.41 Å². The molecule has 8 aromatic rings. The van der Waals surface area contributed by atoms with E-state index < -0.39 is 5.41 Å². The molecule has 2 nitrogen and oxygen atoms in total. The minimum Gasteiger partial charge on any atom is -0.310 e. The standard InChI is InChI=1S/C48H34N2/c1-4-14-35(15-5-1)37-23-27-40(28-24-37)50(41-29-25-38(26-30-41)36-16-6-2-7-17-36)42-31-32-44-43-20-10-11-21-45(43)48(46(44)34-42,39-18-8-3-9-19-39)47-22-12-13-33-49-47/h1-34H. The van der Waals surface area contributed by atoms with Crippen LogP contribution >= 0.6 is 0 Å². The maximum Gasteiger partial charge on any atom is 0.0886 e. The highest BCUT2D eigenvalue weighted by Crippen LogP contribution is 2.56. The molecular formula is C48H34N2. The van der Waals surface area contributed by atoms with Crippen LogP contribution in [0.25, 0.3) is 33.4 Å². The Kier molecular flexibility index (Phi) is 7.40. The molecule has 1 unspecified atom stereocenters. The Bertz CT molecular complexity index is 2260. The van der Waals surface area contributed by atoms with Crippen molar-refractivity contribution >= 4 is 17.1 Å². The van der Waals surface area contributed by atoms with Crippen LogP contribution in [-0.4, -0.2) is 4.98 Å². The van der Waals surface area contributed by atoms with Crippen molar-refractivity contribution in [3.05, 3.63) is 229 Å². The van der Waals surface area contributed by atoms with E-state index in [0.717, 1.165) is 22.8 Å². The first-order chi connectivity index (χ1) is 24.8. The minimum absolute atomic E-state index is 0.579. The number of anilines is 3. The van der Waals surface area contributed by atoms with Gasteiger partial charge in [0, 0.05) is 23.3 Å². The molecule has 0 spiro atoms. The Morgan fingerprint density at radius 1 is 0.360 bits per heavy atom. The largest absolute Gasteiger partial charge is 0.310 e. The molecule has 9 rings (SSSR count). The van der Waals surface area contributed by atoms with E-state index in [1.807, 2.05) is 12.3 Å². The van der Waals surface area contributed by atoms with Gasteiger partial charge in [-0.1, -0.05) is 152 Å². The molecule has 236 valence electrons. The second-order valence-corrected chi connectivity index (χ2v) is 12.8. The van der Waals surface area contributed by atoms with E-state index in [-0.39, 0.29) is 0 Å². The highest BCUT2D eigenvalue weighted by Gasteiger charge is 2.47. The average Bonchev–Trinajstić information content (AvgIpc) is 3.50. The van der Waals surface area contributed by atoms with Crippen molar-refractivity contribution in [2.24, 2.45) is 0 Å². The van der Waals surface area contributed by atoms with Crippen LogP contribution in [0.2, 0.25) is 0 Å². The Labute approximate surface area is 293 Å². The van der Waals surface area contributed by atoms with Crippen LogP contribution in [-0.2, 0) is 5.41 Å². The van der Waals surface area contributed by atoms with Gasteiger partial charge in [0.2, 0.25) is 0 Å². The first-order valence-electron chi connectivity index (χ1n) is 17.1. The molecule has 0 aliphatic heterocycles. The molecule has 0 N–H and O–H groups in total. The third kappa shape index (κ3) is 4.93. The van der Waals surface area contributed by atoms with E-state index in [2.05, 4.69) is 199 Å². The van der Waals surface area contributed by atoms with Crippen molar-refractivity contribution in [2.75, 3.05) is 4.90 Å². The second-order valence-electron chi connectivity index (χ2n) is 12.8. The van der Waals surface area contributed by atoms with Crippen LogP contribution in [0.3, 0.4) is 0 Å². The van der Waals surface area contributed by atoms with Gasteiger partial charge >= 0.3 is 0 Å². The summed E-state index contributed by atoms with van der Waals surface area (Å²) in [4.78, 5) is 7.44. The predicted octanol–water partition coefficient (Wildman–Crippen LogP) is 12.2. The third-order valence-corrected chi connectivity index (χ3v) is 10.0. The van der Waals surface area contributed by atoms with Gasteiger partial charge < -0.3 is 4.90 Å². The van der Waals surface area contributed by atoms with Crippen molar-refractivity contribution < 1.29 is 0 Å². The summed E-state index contributed by atoms with van der Waals surface area (Å²) in [6.45, 7) is 0. The number of aromatic nitrogens is 1. The van der Waals surface area contributed by atoms with E-state index >= 15 is 0 Å². The van der Waals surface area contributed by atoms with Crippen LogP contribution in [0.1, 0.15) is 22.4 Å². The van der Waals surface area contributed by atoms with E-state index in [0.29, 0.717) is 0 Å². The van der Waals surface area contributed by atoms with E-state index in [1.54, 1.807) is 0 Å². The van der Waals surface area contributed by atoms with Gasteiger partial charge in [-0.15, -0.1) is 0 Å². The minimum atomic E-state index is -0.579. The van der Waals surface area contributed by atoms with Gasteiger partial charge in [0.05, 0.1) is 11.1 Å². The lowest BCUT2D eigenvalue weighted by Crippen LogP contribution is -2.29. The van der Waals surface area contributed by atoms with Crippen molar-refractivity contribution in [1.82, 2.24) is 4.98 Å². The van der Waals surface area contributed by atoms with Crippen molar-refractivity contribution in [3.63, 3.8) is 0 Å². The Balaban J connectivity index is 1.25. The number of rotatable bonds is 7. The summed E-state index contributed by atoms with van der Waals surface area (Å²) in [7, 11) is 0. The molecule has 0 bridgehead atoms. The van der Waals surface area contributed by atoms with Gasteiger partial charge in [-0.2, -0.15) is 0 Å². The molecule has 1 heterocycles. The molecule has 1 atom stereocenters. The van der Waals surface area contributed by atoms with Crippen LogP contribution in [0.15, 0.2) is 206 Å². The summed E-state index contributed by atoms with van der Waals surface area (Å²) >= 11 is 0. The molecule has 1 aliphatic rings. The fourth-order valence-corrected chi connectivity index (χ4v) is 7.73. The smallest absolute Gasteiger partial charge is 0.0886 e. The number of fused-ring (bicyclic) bond motifs is 3. The summed E-state index contributed by atoms with van der Waals surface area (Å²) in [5.41, 5.74) is 14.7. The van der Waals surface area contributed by atoms with Crippen LogP contribution in [0, 0.1) is 0 Å². The fraction of sp³-hybridized carbons (Fsp3) is 0.0208. The maximum atomic E-state index is 5.06. The summed E-state index contributed by atoms with van der Waals surface area (Å²) in [6.07, 6.45) is 1.92. The highest BCUT2D eigenvalue weighted by atomic mass is 15.1. The SMILES string of the molecule is c1ccc(-c2ccc(N(c3ccc(-c4ccccc4)cc3)c3ccc4c(c3)C(c3ccccc3)(c3ccccn3)c3ccccc3-4)cc2)cc1. The van der Waals surface area contributed by atoms with E-state index in [1.165, 1.54) is 50.1 Å². The molecule has 1 aliphatic carbocycles. The van der Waals surface area contributed by atoms with Crippen LogP contribution in [0.5, 0.6) is 0 Å². The topological polar surface area (TPSA) is 16.1 Å². The van der Waals surface area contributed by atoms with E-state index in [9.17, 15) is 0 Å². The van der Waals surface area contributed by atoms with Gasteiger partial charge in [0.15, 0.2) is 0 Å². The number of benzene rings is 7. The molecule has 0 fully saturated rings. The zero-order valence-corrected chi connectivity index (χ0v) is 27.5. The maximum absolute atomic E-state index is 5.06.